The van der Waals surface area contributed by atoms with Crippen LogP contribution in [0.25, 0.3) is 0 Å². The number of hydrogen-bond acceptors (Lipinski definition) is 1. The smallest absolute Gasteiger partial charge is 0.193 e. The Balaban J connectivity index is 2.44. The van der Waals surface area contributed by atoms with Crippen molar-refractivity contribution in [2.75, 3.05) is 0 Å². The number of carbonyl (C=O) groups is 1. The van der Waals surface area contributed by atoms with Crippen LogP contribution in [0.15, 0.2) is 42.5 Å². The largest absolute Gasteiger partial charge is 0.289 e. The normalized spacial score (nSPS) is 10.3. The monoisotopic (exact) mass is 248 g/mol. The molecule has 0 unspecified atom stereocenters. The molecule has 1 nitrogen and oxygen atoms in total. The van der Waals surface area contributed by atoms with E-state index in [-0.39, 0.29) is 11.6 Å². The molecule has 17 heavy (non-hydrogen) atoms. The van der Waals surface area contributed by atoms with Gasteiger partial charge in [-0.05, 0) is 42.8 Å². The second kappa shape index (κ2) is 4.68. The lowest BCUT2D eigenvalue weighted by molar-refractivity contribution is 0.103. The number of benzene rings is 2. The van der Waals surface area contributed by atoms with E-state index in [9.17, 15) is 9.18 Å². The second-order valence-electron chi connectivity index (χ2n) is 3.80. The molecule has 0 fully saturated rings. The van der Waals surface area contributed by atoms with Crippen LogP contribution in [0.2, 0.25) is 5.02 Å². The predicted molar refractivity (Wildman–Crippen MR) is 66.0 cm³/mol. The topological polar surface area (TPSA) is 17.1 Å². The first kappa shape index (κ1) is 11.8. The van der Waals surface area contributed by atoms with E-state index < -0.39 is 0 Å². The Morgan fingerprint density at radius 1 is 1.18 bits per heavy atom. The van der Waals surface area contributed by atoms with Crippen molar-refractivity contribution in [1.82, 2.24) is 0 Å². The van der Waals surface area contributed by atoms with Crippen molar-refractivity contribution in [3.8, 4) is 0 Å². The van der Waals surface area contributed by atoms with E-state index in [1.807, 2.05) is 0 Å². The highest BCUT2D eigenvalue weighted by Gasteiger charge is 2.12. The summed E-state index contributed by atoms with van der Waals surface area (Å²) in [7, 11) is 0. The number of ketones is 1. The molecule has 0 spiro atoms. The van der Waals surface area contributed by atoms with E-state index >= 15 is 0 Å². The predicted octanol–water partition coefficient (Wildman–Crippen LogP) is 4.02. The lowest BCUT2D eigenvalue weighted by atomic mass is 9.99. The standard InChI is InChI=1S/C14H10ClFO/c1-9-7-12(16)5-6-13(9)14(17)10-3-2-4-11(15)8-10/h2-8H,1H3. The minimum absolute atomic E-state index is 0.148. The van der Waals surface area contributed by atoms with Crippen LogP contribution in [0.1, 0.15) is 21.5 Å². The van der Waals surface area contributed by atoms with Crippen molar-refractivity contribution in [3.05, 3.63) is 70.0 Å². The molecule has 0 radical (unpaired) electrons. The Morgan fingerprint density at radius 3 is 2.59 bits per heavy atom. The molecule has 0 atom stereocenters. The van der Waals surface area contributed by atoms with Crippen molar-refractivity contribution in [3.63, 3.8) is 0 Å². The highest BCUT2D eigenvalue weighted by atomic mass is 35.5. The molecule has 0 heterocycles. The molecule has 0 aliphatic rings. The zero-order valence-electron chi connectivity index (χ0n) is 9.21. The van der Waals surface area contributed by atoms with Gasteiger partial charge in [-0.2, -0.15) is 0 Å². The van der Waals surface area contributed by atoms with Gasteiger partial charge in [-0.1, -0.05) is 23.7 Å². The summed E-state index contributed by atoms with van der Waals surface area (Å²) in [6.07, 6.45) is 0. The highest BCUT2D eigenvalue weighted by Crippen LogP contribution is 2.18. The average molecular weight is 249 g/mol. The van der Waals surface area contributed by atoms with Crippen LogP contribution < -0.4 is 0 Å². The van der Waals surface area contributed by atoms with Gasteiger partial charge in [0.25, 0.3) is 0 Å². The SMILES string of the molecule is Cc1cc(F)ccc1C(=O)c1cccc(Cl)c1. The highest BCUT2D eigenvalue weighted by molar-refractivity contribution is 6.31. The fraction of sp³-hybridized carbons (Fsp3) is 0.0714. The minimum atomic E-state index is -0.342. The van der Waals surface area contributed by atoms with Crippen molar-refractivity contribution < 1.29 is 9.18 Å². The van der Waals surface area contributed by atoms with Gasteiger partial charge in [-0.25, -0.2) is 4.39 Å². The molecule has 2 rings (SSSR count). The fourth-order valence-electron chi connectivity index (χ4n) is 1.67. The van der Waals surface area contributed by atoms with Crippen LogP contribution >= 0.6 is 11.6 Å². The molecule has 3 heteroatoms. The van der Waals surface area contributed by atoms with Gasteiger partial charge in [0.2, 0.25) is 0 Å². The summed E-state index contributed by atoms with van der Waals surface area (Å²) in [5.41, 5.74) is 1.62. The maximum atomic E-state index is 12.9. The van der Waals surface area contributed by atoms with Gasteiger partial charge in [-0.3, -0.25) is 4.79 Å². The Morgan fingerprint density at radius 2 is 1.94 bits per heavy atom. The van der Waals surface area contributed by atoms with Gasteiger partial charge < -0.3 is 0 Å². The van der Waals surface area contributed by atoms with Gasteiger partial charge in [0.1, 0.15) is 5.82 Å². The maximum Gasteiger partial charge on any atom is 0.193 e. The molecule has 0 bridgehead atoms. The quantitative estimate of drug-likeness (QED) is 0.734. The number of hydrogen-bond donors (Lipinski definition) is 0. The summed E-state index contributed by atoms with van der Waals surface area (Å²) in [5.74, 6) is -0.491. The molecule has 0 saturated carbocycles. The van der Waals surface area contributed by atoms with Gasteiger partial charge in [0, 0.05) is 16.1 Å². The zero-order chi connectivity index (χ0) is 12.4. The first-order chi connectivity index (χ1) is 8.08. The molecule has 0 aliphatic carbocycles. The minimum Gasteiger partial charge on any atom is -0.289 e. The summed E-state index contributed by atoms with van der Waals surface area (Å²) in [6, 6.07) is 10.8. The number of halogens is 2. The van der Waals surface area contributed by atoms with E-state index in [4.69, 9.17) is 11.6 Å². The summed E-state index contributed by atoms with van der Waals surface area (Å²) in [6.45, 7) is 1.71. The van der Waals surface area contributed by atoms with Crippen molar-refractivity contribution in [2.45, 2.75) is 6.92 Å². The lowest BCUT2D eigenvalue weighted by Gasteiger charge is -2.05. The Kier molecular flexibility index (Phi) is 3.25. The van der Waals surface area contributed by atoms with Crippen LogP contribution in [0, 0.1) is 12.7 Å². The third kappa shape index (κ3) is 2.53. The second-order valence-corrected chi connectivity index (χ2v) is 4.24. The maximum absolute atomic E-state index is 12.9. The van der Waals surface area contributed by atoms with Crippen LogP contribution in [-0.4, -0.2) is 5.78 Å². The van der Waals surface area contributed by atoms with E-state index in [0.717, 1.165) is 0 Å². The molecule has 0 aliphatic heterocycles. The molecule has 2 aromatic carbocycles. The number of carbonyl (C=O) groups excluding carboxylic acids is 1. The molecule has 0 amide bonds. The van der Waals surface area contributed by atoms with E-state index in [0.29, 0.717) is 21.7 Å². The molecule has 0 N–H and O–H groups in total. The summed E-state index contributed by atoms with van der Waals surface area (Å²) >= 11 is 5.83. The molecule has 0 saturated heterocycles. The third-order valence-electron chi connectivity index (χ3n) is 2.52. The first-order valence-electron chi connectivity index (χ1n) is 5.14. The molecular formula is C14H10ClFO. The van der Waals surface area contributed by atoms with Gasteiger partial charge in [0.05, 0.1) is 0 Å². The van der Waals surface area contributed by atoms with Crippen molar-refractivity contribution >= 4 is 17.4 Å². The van der Waals surface area contributed by atoms with Crippen LogP contribution in [0.3, 0.4) is 0 Å². The van der Waals surface area contributed by atoms with Crippen LogP contribution in [-0.2, 0) is 0 Å². The average Bonchev–Trinajstić information content (AvgIpc) is 2.28. The van der Waals surface area contributed by atoms with Crippen LogP contribution in [0.5, 0.6) is 0 Å². The third-order valence-corrected chi connectivity index (χ3v) is 2.75. The summed E-state index contributed by atoms with van der Waals surface area (Å²) in [4.78, 5) is 12.1. The van der Waals surface area contributed by atoms with E-state index in [1.165, 1.54) is 18.2 Å². The zero-order valence-corrected chi connectivity index (χ0v) is 9.96. The van der Waals surface area contributed by atoms with Crippen molar-refractivity contribution in [1.29, 1.82) is 0 Å². The van der Waals surface area contributed by atoms with E-state index in [2.05, 4.69) is 0 Å². The fourth-order valence-corrected chi connectivity index (χ4v) is 1.86. The molecule has 86 valence electrons. The molecule has 0 aromatic heterocycles. The molecular weight excluding hydrogens is 239 g/mol. The number of aryl methyl sites for hydroxylation is 1. The van der Waals surface area contributed by atoms with E-state index in [1.54, 1.807) is 31.2 Å². The Hall–Kier alpha value is -1.67. The summed E-state index contributed by atoms with van der Waals surface area (Å²) < 4.78 is 12.9. The summed E-state index contributed by atoms with van der Waals surface area (Å²) in [5, 5.41) is 0.510. The van der Waals surface area contributed by atoms with Gasteiger partial charge >= 0.3 is 0 Å². The molecule has 2 aromatic rings. The van der Waals surface area contributed by atoms with Gasteiger partial charge in [0.15, 0.2) is 5.78 Å². The van der Waals surface area contributed by atoms with Gasteiger partial charge in [-0.15, -0.1) is 0 Å². The number of rotatable bonds is 2. The lowest BCUT2D eigenvalue weighted by Crippen LogP contribution is -2.03. The Labute approximate surface area is 104 Å². The Bertz CT molecular complexity index is 578. The first-order valence-corrected chi connectivity index (χ1v) is 5.52. The van der Waals surface area contributed by atoms with Crippen LogP contribution in [0.4, 0.5) is 4.39 Å². The van der Waals surface area contributed by atoms with Crippen molar-refractivity contribution in [2.24, 2.45) is 0 Å².